The second kappa shape index (κ2) is 6.80. The molecule has 0 N–H and O–H groups in total. The molecule has 0 aliphatic heterocycles. The van der Waals surface area contributed by atoms with Crippen LogP contribution in [0.5, 0.6) is 0 Å². The Morgan fingerprint density at radius 1 is 0.387 bits per heavy atom. The zero-order chi connectivity index (χ0) is 21.0. The van der Waals surface area contributed by atoms with E-state index in [1.54, 1.807) is 10.4 Å². The number of rotatable bonds is 2. The van der Waals surface area contributed by atoms with Crippen LogP contribution in [0.25, 0.3) is 43.1 Å². The molecule has 1 heteroatoms. The molecule has 0 aliphatic carbocycles. The number of hydrogen-bond donors (Lipinski definition) is 0. The quantitative estimate of drug-likeness (QED) is 0.210. The maximum atomic E-state index is 2.54. The van der Waals surface area contributed by atoms with E-state index >= 15 is 0 Å². The molecule has 0 atom stereocenters. The summed E-state index contributed by atoms with van der Waals surface area (Å²) in [5, 5.41) is 14.0. The van der Waals surface area contributed by atoms with E-state index in [2.05, 4.69) is 122 Å². The molecule has 0 spiro atoms. The van der Waals surface area contributed by atoms with E-state index in [0.29, 0.717) is 0 Å². The molecule has 31 heavy (non-hydrogen) atoms. The van der Waals surface area contributed by atoms with Gasteiger partial charge in [0.15, 0.2) is 0 Å². The van der Waals surface area contributed by atoms with Crippen molar-refractivity contribution in [3.63, 3.8) is 0 Å². The van der Waals surface area contributed by atoms with Gasteiger partial charge in [0.2, 0.25) is 0 Å². The Morgan fingerprint density at radius 3 is 0.935 bits per heavy atom. The van der Waals surface area contributed by atoms with Gasteiger partial charge in [-0.05, 0) is 65.6 Å². The topological polar surface area (TPSA) is 0 Å². The maximum Gasteiger partial charge on any atom is 0.115 e. The highest BCUT2D eigenvalue weighted by Crippen LogP contribution is 2.29. The maximum absolute atomic E-state index is 2.54. The van der Waals surface area contributed by atoms with Crippen LogP contribution in [-0.2, 0) is 0 Å². The second-order valence-corrected chi connectivity index (χ2v) is 13.3. The zero-order valence-electron chi connectivity index (χ0n) is 17.9. The Hall–Kier alpha value is -3.42. The highest BCUT2D eigenvalue weighted by molar-refractivity contribution is 7.05. The van der Waals surface area contributed by atoms with Crippen molar-refractivity contribution in [2.24, 2.45) is 0 Å². The summed E-state index contributed by atoms with van der Waals surface area (Å²) >= 11 is 0. The van der Waals surface area contributed by atoms with Crippen molar-refractivity contribution in [1.82, 2.24) is 0 Å². The molecule has 0 saturated carbocycles. The number of hydrogen-bond acceptors (Lipinski definition) is 0. The van der Waals surface area contributed by atoms with E-state index in [0.717, 1.165) is 0 Å². The van der Waals surface area contributed by atoms with Gasteiger partial charge in [-0.2, -0.15) is 0 Å². The van der Waals surface area contributed by atoms with Crippen molar-refractivity contribution in [3.05, 3.63) is 109 Å². The van der Waals surface area contributed by atoms with Crippen LogP contribution in [0, 0.1) is 0 Å². The predicted molar refractivity (Wildman–Crippen MR) is 140 cm³/mol. The van der Waals surface area contributed by atoms with E-state index in [9.17, 15) is 0 Å². The first kappa shape index (κ1) is 18.4. The SMILES string of the molecule is C[Si](C)(c1c2ccccc2cc2ccccc12)c1c2ccccc2cc2ccccc12. The van der Waals surface area contributed by atoms with Crippen molar-refractivity contribution in [3.8, 4) is 0 Å². The second-order valence-electron chi connectivity index (χ2n) is 9.01. The van der Waals surface area contributed by atoms with E-state index in [1.165, 1.54) is 43.1 Å². The molecule has 0 bridgehead atoms. The third-order valence-corrected chi connectivity index (χ3v) is 10.4. The van der Waals surface area contributed by atoms with Gasteiger partial charge < -0.3 is 0 Å². The van der Waals surface area contributed by atoms with Crippen molar-refractivity contribution in [2.75, 3.05) is 0 Å². The van der Waals surface area contributed by atoms with E-state index in [1.807, 2.05) is 0 Å². The zero-order valence-corrected chi connectivity index (χ0v) is 18.9. The fraction of sp³-hybridized carbons (Fsp3) is 0.0667. The molecular formula is C30H24Si. The Balaban J connectivity index is 1.83. The van der Waals surface area contributed by atoms with Gasteiger partial charge in [0.05, 0.1) is 0 Å². The highest BCUT2D eigenvalue weighted by Gasteiger charge is 2.33. The third kappa shape index (κ3) is 2.74. The lowest BCUT2D eigenvalue weighted by molar-refractivity contribution is 1.74. The largest absolute Gasteiger partial charge is 0.115 e. The Bertz CT molecular complexity index is 1380. The van der Waals surface area contributed by atoms with Crippen LogP contribution in [-0.4, -0.2) is 8.07 Å². The van der Waals surface area contributed by atoms with Crippen molar-refractivity contribution >= 4 is 61.5 Å². The molecule has 6 rings (SSSR count). The smallest absolute Gasteiger partial charge is 0.0616 e. The first-order valence-corrected chi connectivity index (χ1v) is 14.0. The molecule has 0 saturated heterocycles. The van der Waals surface area contributed by atoms with Gasteiger partial charge in [-0.3, -0.25) is 0 Å². The molecule has 0 aliphatic rings. The van der Waals surface area contributed by atoms with Gasteiger partial charge in [0.25, 0.3) is 0 Å². The first-order chi connectivity index (χ1) is 15.1. The molecule has 0 fully saturated rings. The minimum atomic E-state index is -2.11. The molecule has 0 nitrogen and oxygen atoms in total. The fourth-order valence-electron chi connectivity index (χ4n) is 5.50. The minimum absolute atomic E-state index is 1.33. The van der Waals surface area contributed by atoms with Crippen LogP contribution >= 0.6 is 0 Å². The lowest BCUT2D eigenvalue weighted by atomic mass is 10.0. The highest BCUT2D eigenvalue weighted by atomic mass is 28.3. The molecule has 0 aromatic heterocycles. The Labute approximate surface area is 183 Å². The Morgan fingerprint density at radius 2 is 0.645 bits per heavy atom. The normalized spacial score (nSPS) is 12.2. The monoisotopic (exact) mass is 412 g/mol. The van der Waals surface area contributed by atoms with Gasteiger partial charge in [-0.15, -0.1) is 0 Å². The average molecular weight is 413 g/mol. The minimum Gasteiger partial charge on any atom is -0.0616 e. The molecule has 0 radical (unpaired) electrons. The van der Waals surface area contributed by atoms with Crippen LogP contribution in [0.2, 0.25) is 13.1 Å². The molecule has 6 aromatic carbocycles. The summed E-state index contributed by atoms with van der Waals surface area (Å²) in [6.07, 6.45) is 0. The van der Waals surface area contributed by atoms with Gasteiger partial charge in [-0.1, -0.05) is 110 Å². The fourth-order valence-corrected chi connectivity index (χ4v) is 9.35. The van der Waals surface area contributed by atoms with Crippen LogP contribution in [0.15, 0.2) is 109 Å². The van der Waals surface area contributed by atoms with E-state index < -0.39 is 8.07 Å². The summed E-state index contributed by atoms with van der Waals surface area (Å²) in [6.45, 7) is 5.07. The molecular weight excluding hydrogens is 388 g/mol. The van der Waals surface area contributed by atoms with Crippen LogP contribution in [0.1, 0.15) is 0 Å². The van der Waals surface area contributed by atoms with Gasteiger partial charge in [-0.25, -0.2) is 0 Å². The molecule has 148 valence electrons. The van der Waals surface area contributed by atoms with Crippen molar-refractivity contribution in [1.29, 1.82) is 0 Å². The van der Waals surface area contributed by atoms with Crippen LogP contribution in [0.4, 0.5) is 0 Å². The van der Waals surface area contributed by atoms with Gasteiger partial charge in [0, 0.05) is 0 Å². The molecule has 0 heterocycles. The third-order valence-electron chi connectivity index (χ3n) is 6.79. The van der Waals surface area contributed by atoms with Crippen LogP contribution in [0.3, 0.4) is 0 Å². The lowest BCUT2D eigenvalue weighted by Crippen LogP contribution is -2.54. The number of fused-ring (bicyclic) bond motifs is 4. The number of benzene rings is 6. The van der Waals surface area contributed by atoms with Crippen molar-refractivity contribution < 1.29 is 0 Å². The summed E-state index contributed by atoms with van der Waals surface area (Å²) in [7, 11) is -2.11. The summed E-state index contributed by atoms with van der Waals surface area (Å²) in [6, 6.07) is 40.4. The summed E-state index contributed by atoms with van der Waals surface area (Å²) < 4.78 is 0. The molecule has 0 unspecified atom stereocenters. The van der Waals surface area contributed by atoms with E-state index in [-0.39, 0.29) is 0 Å². The van der Waals surface area contributed by atoms with Crippen LogP contribution < -0.4 is 10.4 Å². The van der Waals surface area contributed by atoms with E-state index in [4.69, 9.17) is 0 Å². The molecule has 6 aromatic rings. The summed E-state index contributed by atoms with van der Waals surface area (Å²) in [5.41, 5.74) is 0. The standard InChI is InChI=1S/C30H24Si/c1-31(2,29-25-15-7-3-11-21(25)19-22-12-4-8-16-26(22)29)30-27-17-9-5-13-23(27)20-24-14-6-10-18-28(24)30/h3-20H,1-2H3. The predicted octanol–water partition coefficient (Wildman–Crippen LogP) is 7.12. The molecule has 0 amide bonds. The summed E-state index contributed by atoms with van der Waals surface area (Å²) in [4.78, 5) is 0. The van der Waals surface area contributed by atoms with Gasteiger partial charge in [0.1, 0.15) is 8.07 Å². The average Bonchev–Trinajstić information content (AvgIpc) is 2.80. The van der Waals surface area contributed by atoms with Gasteiger partial charge >= 0.3 is 0 Å². The van der Waals surface area contributed by atoms with Crippen molar-refractivity contribution in [2.45, 2.75) is 13.1 Å². The Kier molecular flexibility index (Phi) is 4.02. The first-order valence-electron chi connectivity index (χ1n) is 11.0. The lowest BCUT2D eigenvalue weighted by Gasteiger charge is -2.30. The summed E-state index contributed by atoms with van der Waals surface area (Å²) in [5.74, 6) is 0.